The van der Waals surface area contributed by atoms with Gasteiger partial charge in [0.15, 0.2) is 0 Å². The maximum absolute atomic E-state index is 13.5. The average molecular weight is 388 g/mol. The highest BCUT2D eigenvalue weighted by Crippen LogP contribution is 2.31. The Labute approximate surface area is 167 Å². The van der Waals surface area contributed by atoms with Gasteiger partial charge in [0.25, 0.3) is 0 Å². The summed E-state index contributed by atoms with van der Waals surface area (Å²) in [6, 6.07) is 8.11. The monoisotopic (exact) mass is 387 g/mol. The van der Waals surface area contributed by atoms with Gasteiger partial charge in [0.1, 0.15) is 0 Å². The molecule has 0 saturated heterocycles. The lowest BCUT2D eigenvalue weighted by Gasteiger charge is -2.39. The highest BCUT2D eigenvalue weighted by Gasteiger charge is 2.33. The molecule has 0 heterocycles. The standard InChI is InChI=1S/C22H33N3O3/c1-28-22(27)24-20-10-6-5-9-17(20)15-25(19-13-11-18(23)12-14-19)21(26)16-7-3-2-4-8-16/h5-6,9-10,16,18-19H,2-4,7-8,11-15,23H2,1H3,(H,24,27). The van der Waals surface area contributed by atoms with E-state index < -0.39 is 6.09 Å². The number of amides is 2. The summed E-state index contributed by atoms with van der Waals surface area (Å²) in [6.07, 6.45) is 8.81. The van der Waals surface area contributed by atoms with Crippen LogP contribution in [0.4, 0.5) is 10.5 Å². The average Bonchev–Trinajstić information content (AvgIpc) is 2.74. The molecule has 0 atom stereocenters. The lowest BCUT2D eigenvalue weighted by Crippen LogP contribution is -2.46. The first-order chi connectivity index (χ1) is 13.6. The molecule has 0 bridgehead atoms. The molecule has 0 radical (unpaired) electrons. The molecule has 1 aromatic rings. The van der Waals surface area contributed by atoms with Gasteiger partial charge in [-0.25, -0.2) is 4.79 Å². The summed E-state index contributed by atoms with van der Waals surface area (Å²) in [4.78, 5) is 27.2. The van der Waals surface area contributed by atoms with Crippen molar-refractivity contribution >= 4 is 17.7 Å². The summed E-state index contributed by atoms with van der Waals surface area (Å²) >= 11 is 0. The number of hydrogen-bond acceptors (Lipinski definition) is 4. The first-order valence-corrected chi connectivity index (χ1v) is 10.6. The highest BCUT2D eigenvalue weighted by molar-refractivity contribution is 5.86. The molecule has 0 unspecified atom stereocenters. The Hall–Kier alpha value is -2.08. The Bertz CT molecular complexity index is 665. The molecule has 154 valence electrons. The lowest BCUT2D eigenvalue weighted by atomic mass is 9.85. The summed E-state index contributed by atoms with van der Waals surface area (Å²) < 4.78 is 4.74. The number of nitrogens with zero attached hydrogens (tertiary/aromatic N) is 1. The van der Waals surface area contributed by atoms with E-state index in [9.17, 15) is 9.59 Å². The van der Waals surface area contributed by atoms with Crippen LogP contribution in [0.15, 0.2) is 24.3 Å². The molecule has 6 heteroatoms. The van der Waals surface area contributed by atoms with Crippen LogP contribution in [0.1, 0.15) is 63.4 Å². The second-order valence-electron chi connectivity index (χ2n) is 8.14. The molecule has 2 amide bonds. The largest absolute Gasteiger partial charge is 0.453 e. The van der Waals surface area contributed by atoms with E-state index in [1.54, 1.807) is 0 Å². The Morgan fingerprint density at radius 2 is 1.75 bits per heavy atom. The van der Waals surface area contributed by atoms with Crippen molar-refractivity contribution in [3.8, 4) is 0 Å². The van der Waals surface area contributed by atoms with Gasteiger partial charge in [-0.15, -0.1) is 0 Å². The van der Waals surface area contributed by atoms with Gasteiger partial charge in [-0.2, -0.15) is 0 Å². The van der Waals surface area contributed by atoms with Crippen LogP contribution in [0.3, 0.4) is 0 Å². The molecule has 2 aliphatic rings. The number of carbonyl (C=O) groups is 2. The molecule has 0 aromatic heterocycles. The molecule has 3 rings (SSSR count). The Kier molecular flexibility index (Phi) is 7.31. The molecule has 2 fully saturated rings. The van der Waals surface area contributed by atoms with Gasteiger partial charge in [0.05, 0.1) is 7.11 Å². The minimum Gasteiger partial charge on any atom is -0.453 e. The zero-order valence-corrected chi connectivity index (χ0v) is 16.9. The number of carbonyl (C=O) groups excluding carboxylic acids is 2. The number of para-hydroxylation sites is 1. The SMILES string of the molecule is COC(=O)Nc1ccccc1CN(C(=O)C1CCCCC1)C1CCC(N)CC1. The van der Waals surface area contributed by atoms with E-state index in [2.05, 4.69) is 10.2 Å². The zero-order valence-electron chi connectivity index (χ0n) is 16.9. The summed E-state index contributed by atoms with van der Waals surface area (Å²) in [6.45, 7) is 0.509. The van der Waals surface area contributed by atoms with Crippen molar-refractivity contribution < 1.29 is 14.3 Å². The predicted octanol–water partition coefficient (Wildman–Crippen LogP) is 4.04. The minimum atomic E-state index is -0.499. The molecule has 28 heavy (non-hydrogen) atoms. The predicted molar refractivity (Wildman–Crippen MR) is 110 cm³/mol. The van der Waals surface area contributed by atoms with Crippen molar-refractivity contribution in [3.63, 3.8) is 0 Å². The summed E-state index contributed by atoms with van der Waals surface area (Å²) in [5, 5.41) is 2.77. The number of nitrogens with one attached hydrogen (secondary N) is 1. The van der Waals surface area contributed by atoms with Crippen LogP contribution in [0, 0.1) is 5.92 Å². The van der Waals surface area contributed by atoms with Crippen LogP contribution in [0.2, 0.25) is 0 Å². The highest BCUT2D eigenvalue weighted by atomic mass is 16.5. The van der Waals surface area contributed by atoms with E-state index in [0.29, 0.717) is 12.2 Å². The fourth-order valence-electron chi connectivity index (χ4n) is 4.51. The number of rotatable bonds is 5. The van der Waals surface area contributed by atoms with Gasteiger partial charge < -0.3 is 15.4 Å². The summed E-state index contributed by atoms with van der Waals surface area (Å²) in [7, 11) is 1.35. The Morgan fingerprint density at radius 1 is 1.07 bits per heavy atom. The molecule has 2 saturated carbocycles. The van der Waals surface area contributed by atoms with Crippen molar-refractivity contribution in [2.45, 2.75) is 76.4 Å². The van der Waals surface area contributed by atoms with E-state index in [1.807, 2.05) is 24.3 Å². The molecule has 3 N–H and O–H groups in total. The Balaban J connectivity index is 1.81. The van der Waals surface area contributed by atoms with E-state index in [0.717, 1.165) is 56.9 Å². The number of ether oxygens (including phenoxy) is 1. The molecular formula is C22H33N3O3. The molecule has 0 spiro atoms. The number of nitrogens with two attached hydrogens (primary N) is 1. The van der Waals surface area contributed by atoms with Gasteiger partial charge in [0.2, 0.25) is 5.91 Å². The van der Waals surface area contributed by atoms with E-state index >= 15 is 0 Å². The molecule has 2 aliphatic carbocycles. The maximum atomic E-state index is 13.5. The molecule has 0 aliphatic heterocycles. The van der Waals surface area contributed by atoms with Crippen molar-refractivity contribution in [1.29, 1.82) is 0 Å². The van der Waals surface area contributed by atoms with Crippen molar-refractivity contribution in [1.82, 2.24) is 4.90 Å². The third-order valence-electron chi connectivity index (χ3n) is 6.20. The van der Waals surface area contributed by atoms with Crippen LogP contribution < -0.4 is 11.1 Å². The molecule has 1 aromatic carbocycles. The van der Waals surface area contributed by atoms with Gasteiger partial charge in [0, 0.05) is 30.2 Å². The topological polar surface area (TPSA) is 84.7 Å². The first kappa shape index (κ1) is 20.6. The quantitative estimate of drug-likeness (QED) is 0.798. The van der Waals surface area contributed by atoms with Crippen LogP contribution in [0.25, 0.3) is 0 Å². The second-order valence-corrected chi connectivity index (χ2v) is 8.14. The Morgan fingerprint density at radius 3 is 2.43 bits per heavy atom. The number of hydrogen-bond donors (Lipinski definition) is 2. The van der Waals surface area contributed by atoms with Gasteiger partial charge in [-0.3, -0.25) is 10.1 Å². The van der Waals surface area contributed by atoms with E-state index in [-0.39, 0.29) is 23.9 Å². The van der Waals surface area contributed by atoms with Crippen LogP contribution in [-0.2, 0) is 16.1 Å². The third kappa shape index (κ3) is 5.25. The van der Waals surface area contributed by atoms with Crippen molar-refractivity contribution in [2.75, 3.05) is 12.4 Å². The van der Waals surface area contributed by atoms with Gasteiger partial charge >= 0.3 is 6.09 Å². The van der Waals surface area contributed by atoms with Crippen molar-refractivity contribution in [2.24, 2.45) is 11.7 Å². The zero-order chi connectivity index (χ0) is 19.9. The van der Waals surface area contributed by atoms with Gasteiger partial charge in [-0.1, -0.05) is 37.5 Å². The summed E-state index contributed by atoms with van der Waals surface area (Å²) in [5.41, 5.74) is 7.73. The summed E-state index contributed by atoms with van der Waals surface area (Å²) in [5.74, 6) is 0.401. The van der Waals surface area contributed by atoms with Crippen LogP contribution >= 0.6 is 0 Å². The second kappa shape index (κ2) is 9.92. The maximum Gasteiger partial charge on any atom is 0.411 e. The van der Waals surface area contributed by atoms with Crippen LogP contribution in [-0.4, -0.2) is 36.1 Å². The smallest absolute Gasteiger partial charge is 0.411 e. The fraction of sp³-hybridized carbons (Fsp3) is 0.636. The minimum absolute atomic E-state index is 0.130. The van der Waals surface area contributed by atoms with Gasteiger partial charge in [-0.05, 0) is 50.2 Å². The molecule has 6 nitrogen and oxygen atoms in total. The third-order valence-corrected chi connectivity index (χ3v) is 6.20. The van der Waals surface area contributed by atoms with Crippen LogP contribution in [0.5, 0.6) is 0 Å². The van der Waals surface area contributed by atoms with E-state index in [1.165, 1.54) is 13.5 Å². The number of anilines is 1. The number of methoxy groups -OCH3 is 1. The first-order valence-electron chi connectivity index (χ1n) is 10.6. The fourth-order valence-corrected chi connectivity index (χ4v) is 4.51. The van der Waals surface area contributed by atoms with E-state index in [4.69, 9.17) is 10.5 Å². The number of benzene rings is 1. The van der Waals surface area contributed by atoms with Crippen molar-refractivity contribution in [3.05, 3.63) is 29.8 Å². The lowest BCUT2D eigenvalue weighted by molar-refractivity contribution is -0.140. The normalized spacial score (nSPS) is 23.1. The molecular weight excluding hydrogens is 354 g/mol.